The Morgan fingerprint density at radius 1 is 1.08 bits per heavy atom. The highest BCUT2D eigenvalue weighted by atomic mass is 19.4. The zero-order valence-corrected chi connectivity index (χ0v) is 14.7. The van der Waals surface area contributed by atoms with Crippen molar-refractivity contribution in [3.05, 3.63) is 77.5 Å². The first-order chi connectivity index (χ1) is 12.2. The van der Waals surface area contributed by atoms with Gasteiger partial charge < -0.3 is 4.90 Å². The Morgan fingerprint density at radius 2 is 1.77 bits per heavy atom. The minimum absolute atomic E-state index is 0.111. The van der Waals surface area contributed by atoms with Gasteiger partial charge in [0.1, 0.15) is 0 Å². The molecule has 0 amide bonds. The minimum Gasteiger partial charge on any atom is -0.351 e. The van der Waals surface area contributed by atoms with Crippen molar-refractivity contribution >= 4 is 11.5 Å². The van der Waals surface area contributed by atoms with Crippen molar-refractivity contribution in [2.45, 2.75) is 31.4 Å². The predicted molar refractivity (Wildman–Crippen MR) is 96.0 cm³/mol. The van der Waals surface area contributed by atoms with Crippen LogP contribution in [0.2, 0.25) is 0 Å². The lowest BCUT2D eigenvalue weighted by atomic mass is 9.79. The number of rotatable bonds is 3. The lowest BCUT2D eigenvalue weighted by molar-refractivity contribution is -0.137. The number of nitrogens with zero attached hydrogens (tertiary/aromatic N) is 1. The lowest BCUT2D eigenvalue weighted by Gasteiger charge is -2.23. The van der Waals surface area contributed by atoms with Crippen LogP contribution < -0.4 is 4.90 Å². The molecule has 0 spiro atoms. The van der Waals surface area contributed by atoms with Crippen molar-refractivity contribution in [1.82, 2.24) is 0 Å². The summed E-state index contributed by atoms with van der Waals surface area (Å²) in [5.41, 5.74) is 0.354. The topological polar surface area (TPSA) is 20.3 Å². The maximum Gasteiger partial charge on any atom is 0.416 e. The number of hydrogen-bond donors (Lipinski definition) is 0. The molecule has 0 N–H and O–H groups in total. The summed E-state index contributed by atoms with van der Waals surface area (Å²) in [7, 11) is 1.86. The normalized spacial score (nSPS) is 22.0. The minimum atomic E-state index is -4.42. The number of anilines is 1. The fourth-order valence-electron chi connectivity index (χ4n) is 3.37. The van der Waals surface area contributed by atoms with Crippen molar-refractivity contribution in [1.29, 1.82) is 0 Å². The number of ketones is 1. The van der Waals surface area contributed by atoms with Gasteiger partial charge >= 0.3 is 6.18 Å². The first kappa shape index (κ1) is 18.2. The standard InChI is InChI=1S/C21H20F3NO/c1-20(16-7-6-8-17(13-16)21(22,23)24)12-11-15(19(20)26)14-25(2)18-9-4-3-5-10-18/h3-10,13-14H,11-12H2,1-2H3/b15-14-. The van der Waals surface area contributed by atoms with Crippen LogP contribution in [0.5, 0.6) is 0 Å². The van der Waals surface area contributed by atoms with Crippen molar-refractivity contribution < 1.29 is 18.0 Å². The van der Waals surface area contributed by atoms with Crippen LogP contribution in [-0.4, -0.2) is 12.8 Å². The highest BCUT2D eigenvalue weighted by Gasteiger charge is 2.43. The number of carbonyl (C=O) groups excluding carboxylic acids is 1. The summed E-state index contributed by atoms with van der Waals surface area (Å²) in [5.74, 6) is -0.111. The molecule has 0 heterocycles. The molecule has 0 bridgehead atoms. The molecule has 1 aliphatic rings. The molecule has 26 heavy (non-hydrogen) atoms. The Kier molecular flexibility index (Phi) is 4.65. The summed E-state index contributed by atoms with van der Waals surface area (Å²) in [6.45, 7) is 1.73. The lowest BCUT2D eigenvalue weighted by Crippen LogP contribution is -2.28. The maximum absolute atomic E-state index is 13.0. The van der Waals surface area contributed by atoms with Crippen molar-refractivity contribution in [2.75, 3.05) is 11.9 Å². The van der Waals surface area contributed by atoms with E-state index in [4.69, 9.17) is 0 Å². The SMILES string of the molecule is CN(/C=C1/CCC(C)(c2cccc(C(F)(F)F)c2)C1=O)c1ccccc1. The number of carbonyl (C=O) groups is 1. The van der Waals surface area contributed by atoms with E-state index in [-0.39, 0.29) is 5.78 Å². The summed E-state index contributed by atoms with van der Waals surface area (Å²) >= 11 is 0. The third-order valence-corrected chi connectivity index (χ3v) is 5.03. The number of alkyl halides is 3. The molecule has 2 aromatic rings. The van der Waals surface area contributed by atoms with Crippen LogP contribution in [0.15, 0.2) is 66.4 Å². The Hall–Kier alpha value is -2.56. The predicted octanol–water partition coefficient (Wildman–Crippen LogP) is 5.35. The average molecular weight is 359 g/mol. The van der Waals surface area contributed by atoms with E-state index in [1.165, 1.54) is 6.07 Å². The molecule has 5 heteroatoms. The zero-order chi connectivity index (χ0) is 18.9. The summed E-state index contributed by atoms with van der Waals surface area (Å²) in [6, 6.07) is 14.7. The summed E-state index contributed by atoms with van der Waals surface area (Å²) in [5, 5.41) is 0. The van der Waals surface area contributed by atoms with Crippen LogP contribution in [-0.2, 0) is 16.4 Å². The van der Waals surface area contributed by atoms with Gasteiger partial charge in [-0.05, 0) is 43.5 Å². The van der Waals surface area contributed by atoms with Gasteiger partial charge in [0.05, 0.1) is 11.0 Å². The van der Waals surface area contributed by atoms with Gasteiger partial charge in [-0.15, -0.1) is 0 Å². The number of benzene rings is 2. The molecule has 1 unspecified atom stereocenters. The highest BCUT2D eigenvalue weighted by molar-refractivity contribution is 6.05. The first-order valence-corrected chi connectivity index (χ1v) is 8.43. The molecule has 136 valence electrons. The number of hydrogen-bond acceptors (Lipinski definition) is 2. The van der Waals surface area contributed by atoms with Crippen LogP contribution in [0.4, 0.5) is 18.9 Å². The molecule has 1 aliphatic carbocycles. The third kappa shape index (κ3) is 3.39. The molecule has 0 saturated heterocycles. The van der Waals surface area contributed by atoms with Gasteiger partial charge in [0.25, 0.3) is 0 Å². The molecule has 0 aliphatic heterocycles. The second kappa shape index (κ2) is 6.63. The van der Waals surface area contributed by atoms with E-state index >= 15 is 0 Å². The molecule has 0 radical (unpaired) electrons. The average Bonchev–Trinajstić information content (AvgIpc) is 2.91. The van der Waals surface area contributed by atoms with Gasteiger partial charge in [-0.1, -0.05) is 36.4 Å². The molecular formula is C21H20F3NO. The Morgan fingerprint density at radius 3 is 2.42 bits per heavy atom. The van der Waals surface area contributed by atoms with E-state index in [1.807, 2.05) is 42.3 Å². The Balaban J connectivity index is 1.89. The quantitative estimate of drug-likeness (QED) is 0.689. The molecule has 1 saturated carbocycles. The van der Waals surface area contributed by atoms with E-state index in [2.05, 4.69) is 0 Å². The summed E-state index contributed by atoms with van der Waals surface area (Å²) < 4.78 is 39.0. The van der Waals surface area contributed by atoms with Gasteiger partial charge in [-0.25, -0.2) is 0 Å². The van der Waals surface area contributed by atoms with Crippen LogP contribution >= 0.6 is 0 Å². The van der Waals surface area contributed by atoms with Gasteiger partial charge in [0.2, 0.25) is 0 Å². The fraction of sp³-hybridized carbons (Fsp3) is 0.286. The number of Topliss-reactive ketones (excluding diaryl/α,β-unsaturated/α-hetero) is 1. The van der Waals surface area contributed by atoms with Crippen molar-refractivity contribution in [3.8, 4) is 0 Å². The summed E-state index contributed by atoms with van der Waals surface area (Å²) in [6.07, 6.45) is -1.58. The monoisotopic (exact) mass is 359 g/mol. The molecule has 3 rings (SSSR count). The summed E-state index contributed by atoms with van der Waals surface area (Å²) in [4.78, 5) is 14.8. The number of halogens is 3. The molecular weight excluding hydrogens is 339 g/mol. The fourth-order valence-corrected chi connectivity index (χ4v) is 3.37. The molecule has 2 aromatic carbocycles. The second-order valence-electron chi connectivity index (χ2n) is 6.84. The zero-order valence-electron chi connectivity index (χ0n) is 14.7. The first-order valence-electron chi connectivity index (χ1n) is 8.43. The molecule has 1 fully saturated rings. The Bertz CT molecular complexity index is 842. The van der Waals surface area contributed by atoms with E-state index in [9.17, 15) is 18.0 Å². The van der Waals surface area contributed by atoms with Crippen molar-refractivity contribution in [2.24, 2.45) is 0 Å². The largest absolute Gasteiger partial charge is 0.416 e. The smallest absolute Gasteiger partial charge is 0.351 e. The third-order valence-electron chi connectivity index (χ3n) is 5.03. The van der Waals surface area contributed by atoms with Crippen LogP contribution in [0, 0.1) is 0 Å². The molecule has 2 nitrogen and oxygen atoms in total. The highest BCUT2D eigenvalue weighted by Crippen LogP contribution is 2.42. The number of allylic oxidation sites excluding steroid dienone is 1. The van der Waals surface area contributed by atoms with Crippen LogP contribution in [0.3, 0.4) is 0 Å². The van der Waals surface area contributed by atoms with E-state index < -0.39 is 17.2 Å². The Labute approximate surface area is 150 Å². The van der Waals surface area contributed by atoms with E-state index in [0.717, 1.165) is 17.8 Å². The van der Waals surface area contributed by atoms with Gasteiger partial charge in [0.15, 0.2) is 5.78 Å². The molecule has 0 aromatic heterocycles. The van der Waals surface area contributed by atoms with Gasteiger partial charge in [-0.2, -0.15) is 13.2 Å². The maximum atomic E-state index is 13.0. The van der Waals surface area contributed by atoms with Gasteiger partial charge in [0, 0.05) is 24.5 Å². The van der Waals surface area contributed by atoms with E-state index in [0.29, 0.717) is 24.0 Å². The number of para-hydroxylation sites is 1. The second-order valence-corrected chi connectivity index (χ2v) is 6.84. The van der Waals surface area contributed by atoms with E-state index in [1.54, 1.807) is 19.2 Å². The van der Waals surface area contributed by atoms with Crippen molar-refractivity contribution in [3.63, 3.8) is 0 Å². The van der Waals surface area contributed by atoms with Gasteiger partial charge in [-0.3, -0.25) is 4.79 Å². The van der Waals surface area contributed by atoms with Crippen LogP contribution in [0.25, 0.3) is 0 Å². The molecule has 1 atom stereocenters. The van der Waals surface area contributed by atoms with Crippen LogP contribution in [0.1, 0.15) is 30.9 Å².